The zero-order valence-corrected chi connectivity index (χ0v) is 15.9. The summed E-state index contributed by atoms with van der Waals surface area (Å²) in [6.07, 6.45) is 1.50. The van der Waals surface area contributed by atoms with Gasteiger partial charge in [0, 0.05) is 11.3 Å². The molecule has 0 saturated carbocycles. The van der Waals surface area contributed by atoms with Crippen molar-refractivity contribution in [2.75, 3.05) is 11.9 Å². The number of amides is 2. The second kappa shape index (κ2) is 8.46. The Morgan fingerprint density at radius 1 is 1.04 bits per heavy atom. The number of nitrogens with one attached hydrogen (secondary N) is 3. The number of anilines is 1. The van der Waals surface area contributed by atoms with Gasteiger partial charge >= 0.3 is 0 Å². The summed E-state index contributed by atoms with van der Waals surface area (Å²) in [5.74, 6) is -0.731. The number of hydrazine groups is 1. The summed E-state index contributed by atoms with van der Waals surface area (Å²) in [6, 6.07) is 15.6. The van der Waals surface area contributed by atoms with Crippen molar-refractivity contribution in [1.29, 1.82) is 0 Å². The minimum atomic E-state index is -0.394. The van der Waals surface area contributed by atoms with Crippen LogP contribution in [0.3, 0.4) is 0 Å². The highest BCUT2D eigenvalue weighted by Crippen LogP contribution is 2.24. The van der Waals surface area contributed by atoms with Gasteiger partial charge < -0.3 is 5.32 Å². The fourth-order valence-electron chi connectivity index (χ4n) is 2.51. The van der Waals surface area contributed by atoms with E-state index in [1.807, 2.05) is 62.4 Å². The second-order valence-electron chi connectivity index (χ2n) is 6.07. The van der Waals surface area contributed by atoms with E-state index in [0.717, 1.165) is 27.4 Å². The topological polar surface area (TPSA) is 83.1 Å². The molecule has 2 aromatic carbocycles. The zero-order valence-electron chi connectivity index (χ0n) is 15.1. The highest BCUT2D eigenvalue weighted by atomic mass is 32.1. The van der Waals surface area contributed by atoms with Crippen molar-refractivity contribution in [3.63, 3.8) is 0 Å². The van der Waals surface area contributed by atoms with Gasteiger partial charge in [0.05, 0.1) is 12.7 Å². The number of carbonyl (C=O) groups is 2. The third-order valence-electron chi connectivity index (χ3n) is 3.89. The van der Waals surface area contributed by atoms with E-state index in [9.17, 15) is 9.59 Å². The number of hydrogen-bond acceptors (Lipinski definition) is 5. The zero-order chi connectivity index (χ0) is 19.2. The third kappa shape index (κ3) is 4.92. The molecule has 0 saturated heterocycles. The third-order valence-corrected chi connectivity index (χ3v) is 4.93. The molecule has 0 unspecified atom stereocenters. The summed E-state index contributed by atoms with van der Waals surface area (Å²) < 4.78 is 0. The van der Waals surface area contributed by atoms with Crippen molar-refractivity contribution >= 4 is 28.8 Å². The lowest BCUT2D eigenvalue weighted by Gasteiger charge is -2.11. The first-order chi connectivity index (χ1) is 13.0. The van der Waals surface area contributed by atoms with E-state index in [1.54, 1.807) is 0 Å². The molecule has 6 nitrogen and oxygen atoms in total. The molecule has 0 aliphatic rings. The van der Waals surface area contributed by atoms with Crippen molar-refractivity contribution in [2.24, 2.45) is 0 Å². The Balaban J connectivity index is 1.50. The number of aromatic nitrogens is 1. The Bertz CT molecular complexity index is 954. The number of carbonyl (C=O) groups excluding carboxylic acids is 2. The highest BCUT2D eigenvalue weighted by molar-refractivity contribution is 7.16. The number of thiazole rings is 1. The monoisotopic (exact) mass is 380 g/mol. The van der Waals surface area contributed by atoms with Crippen molar-refractivity contribution in [3.8, 4) is 10.6 Å². The minimum absolute atomic E-state index is 0.0577. The van der Waals surface area contributed by atoms with Crippen molar-refractivity contribution < 1.29 is 9.59 Å². The Labute approximate surface area is 161 Å². The molecule has 0 radical (unpaired) electrons. The predicted octanol–water partition coefficient (Wildman–Crippen LogP) is 3.30. The number of nitrogens with zero attached hydrogens (tertiary/aromatic N) is 1. The molecule has 0 fully saturated rings. The molecule has 0 atom stereocenters. The van der Waals surface area contributed by atoms with E-state index in [4.69, 9.17) is 0 Å². The van der Waals surface area contributed by atoms with Crippen LogP contribution in [0, 0.1) is 13.8 Å². The first kappa shape index (κ1) is 18.6. The molecule has 1 heterocycles. The highest BCUT2D eigenvalue weighted by Gasteiger charge is 2.12. The van der Waals surface area contributed by atoms with Crippen LogP contribution in [0.25, 0.3) is 10.6 Å². The maximum Gasteiger partial charge on any atom is 0.281 e. The number of hydrogen-bond donors (Lipinski definition) is 3. The lowest BCUT2D eigenvalue weighted by molar-refractivity contribution is -0.120. The summed E-state index contributed by atoms with van der Waals surface area (Å²) in [7, 11) is 0. The van der Waals surface area contributed by atoms with Gasteiger partial charge in [0.15, 0.2) is 0 Å². The summed E-state index contributed by atoms with van der Waals surface area (Å²) in [5.41, 5.74) is 8.88. The fourth-order valence-corrected chi connectivity index (χ4v) is 3.33. The Morgan fingerprint density at radius 2 is 1.81 bits per heavy atom. The Hall–Kier alpha value is -3.19. The van der Waals surface area contributed by atoms with E-state index < -0.39 is 5.91 Å². The van der Waals surface area contributed by atoms with Gasteiger partial charge in [-0.05, 0) is 25.5 Å². The molecule has 27 heavy (non-hydrogen) atoms. The van der Waals surface area contributed by atoms with Crippen LogP contribution in [0.2, 0.25) is 0 Å². The van der Waals surface area contributed by atoms with Crippen molar-refractivity contribution in [1.82, 2.24) is 15.8 Å². The number of aryl methyl sites for hydroxylation is 2. The van der Waals surface area contributed by atoms with Crippen LogP contribution in [0.1, 0.15) is 20.8 Å². The maximum absolute atomic E-state index is 12.2. The Kier molecular flexibility index (Phi) is 5.83. The van der Waals surface area contributed by atoms with Crippen LogP contribution < -0.4 is 16.2 Å². The summed E-state index contributed by atoms with van der Waals surface area (Å²) in [6.45, 7) is 4.05. The quantitative estimate of drug-likeness (QED) is 0.593. The predicted molar refractivity (Wildman–Crippen MR) is 108 cm³/mol. The summed E-state index contributed by atoms with van der Waals surface area (Å²) in [5, 5.41) is 3.81. The summed E-state index contributed by atoms with van der Waals surface area (Å²) >= 11 is 1.27. The molecule has 0 aliphatic heterocycles. The molecule has 0 aliphatic carbocycles. The van der Waals surface area contributed by atoms with Crippen LogP contribution >= 0.6 is 11.3 Å². The van der Waals surface area contributed by atoms with Gasteiger partial charge in [-0.1, -0.05) is 48.0 Å². The molecule has 0 spiro atoms. The van der Waals surface area contributed by atoms with E-state index in [2.05, 4.69) is 21.2 Å². The average Bonchev–Trinajstić information content (AvgIpc) is 3.16. The van der Waals surface area contributed by atoms with E-state index >= 15 is 0 Å². The molecule has 3 aromatic rings. The normalized spacial score (nSPS) is 10.3. The first-order valence-electron chi connectivity index (χ1n) is 8.44. The lowest BCUT2D eigenvalue weighted by atomic mass is 10.1. The smallest absolute Gasteiger partial charge is 0.281 e. The molecule has 1 aromatic heterocycles. The van der Waals surface area contributed by atoms with Crippen LogP contribution in [0.4, 0.5) is 5.69 Å². The number of benzene rings is 2. The standard InChI is InChI=1S/C20H20N4O2S/c1-13-8-9-16(14(2)10-13)21-12-18(25)23-24-19(26)17-11-22-20(27-17)15-6-4-3-5-7-15/h3-11,21H,12H2,1-2H3,(H,23,25)(H,24,26). The van der Waals surface area contributed by atoms with Gasteiger partial charge in [-0.25, -0.2) is 4.98 Å². The van der Waals surface area contributed by atoms with Crippen LogP contribution in [0.5, 0.6) is 0 Å². The van der Waals surface area contributed by atoms with E-state index in [1.165, 1.54) is 17.5 Å². The van der Waals surface area contributed by atoms with Gasteiger partial charge in [-0.3, -0.25) is 20.4 Å². The molecule has 7 heteroatoms. The van der Waals surface area contributed by atoms with Crippen LogP contribution in [0.15, 0.2) is 54.7 Å². The van der Waals surface area contributed by atoms with E-state index in [0.29, 0.717) is 4.88 Å². The number of rotatable bonds is 5. The Morgan fingerprint density at radius 3 is 2.56 bits per heavy atom. The van der Waals surface area contributed by atoms with Gasteiger partial charge in [-0.2, -0.15) is 0 Å². The molecular weight excluding hydrogens is 360 g/mol. The van der Waals surface area contributed by atoms with Gasteiger partial charge in [0.1, 0.15) is 9.88 Å². The summed E-state index contributed by atoms with van der Waals surface area (Å²) in [4.78, 5) is 28.8. The molecular formula is C20H20N4O2S. The largest absolute Gasteiger partial charge is 0.376 e. The first-order valence-corrected chi connectivity index (χ1v) is 9.26. The van der Waals surface area contributed by atoms with Crippen LogP contribution in [-0.2, 0) is 4.79 Å². The second-order valence-corrected chi connectivity index (χ2v) is 7.10. The van der Waals surface area contributed by atoms with Gasteiger partial charge in [0.2, 0.25) is 0 Å². The molecule has 3 N–H and O–H groups in total. The van der Waals surface area contributed by atoms with Gasteiger partial charge in [0.25, 0.3) is 11.8 Å². The van der Waals surface area contributed by atoms with Crippen molar-refractivity contribution in [2.45, 2.75) is 13.8 Å². The molecule has 138 valence electrons. The van der Waals surface area contributed by atoms with Gasteiger partial charge in [-0.15, -0.1) is 11.3 Å². The molecule has 0 bridgehead atoms. The fraction of sp³-hybridized carbons (Fsp3) is 0.150. The lowest BCUT2D eigenvalue weighted by Crippen LogP contribution is -2.43. The maximum atomic E-state index is 12.2. The minimum Gasteiger partial charge on any atom is -0.376 e. The molecule has 2 amide bonds. The van der Waals surface area contributed by atoms with Crippen molar-refractivity contribution in [3.05, 3.63) is 70.7 Å². The van der Waals surface area contributed by atoms with Crippen LogP contribution in [-0.4, -0.2) is 23.3 Å². The average molecular weight is 380 g/mol. The van der Waals surface area contributed by atoms with E-state index in [-0.39, 0.29) is 12.5 Å². The molecule has 3 rings (SSSR count). The SMILES string of the molecule is Cc1ccc(NCC(=O)NNC(=O)c2cnc(-c3ccccc3)s2)c(C)c1.